The van der Waals surface area contributed by atoms with Gasteiger partial charge in [0.2, 0.25) is 0 Å². The first kappa shape index (κ1) is 14.4. The summed E-state index contributed by atoms with van der Waals surface area (Å²) in [6.07, 6.45) is 0.637. The van der Waals surface area contributed by atoms with Crippen molar-refractivity contribution in [2.24, 2.45) is 0 Å². The third-order valence-corrected chi connectivity index (χ3v) is 3.09. The van der Waals surface area contributed by atoms with E-state index >= 15 is 0 Å². The Morgan fingerprint density at radius 1 is 1.30 bits per heavy atom. The molecular weight excluding hydrogens is 281 g/mol. The topological polar surface area (TPSA) is 46.1 Å². The van der Waals surface area contributed by atoms with Gasteiger partial charge < -0.3 is 4.90 Å². The Bertz CT molecular complexity index is 631. The molecule has 20 heavy (non-hydrogen) atoms. The molecule has 2 rings (SSSR count). The van der Waals surface area contributed by atoms with Gasteiger partial charge in [-0.1, -0.05) is 23.7 Å². The maximum absolute atomic E-state index is 12.9. The fraction of sp³-hybridized carbons (Fsp3) is 0.214. The van der Waals surface area contributed by atoms with Gasteiger partial charge in [0.25, 0.3) is 0 Å². The molecule has 0 fully saturated rings. The van der Waals surface area contributed by atoms with E-state index in [4.69, 9.17) is 11.6 Å². The Morgan fingerprint density at radius 3 is 2.55 bits per heavy atom. The smallest absolute Gasteiger partial charge is 0.156 e. The first-order valence-electron chi connectivity index (χ1n) is 5.96. The largest absolute Gasteiger partial charge is 0.355 e. The van der Waals surface area contributed by atoms with Crippen LogP contribution in [0.2, 0.25) is 5.15 Å². The molecule has 0 amide bonds. The van der Waals surface area contributed by atoms with Gasteiger partial charge >= 0.3 is 0 Å². The quantitative estimate of drug-likeness (QED) is 0.642. The van der Waals surface area contributed by atoms with E-state index in [0.29, 0.717) is 24.5 Å². The van der Waals surface area contributed by atoms with E-state index in [0.717, 1.165) is 5.56 Å². The van der Waals surface area contributed by atoms with Crippen LogP contribution in [0.15, 0.2) is 24.3 Å². The van der Waals surface area contributed by atoms with Gasteiger partial charge in [0, 0.05) is 13.6 Å². The van der Waals surface area contributed by atoms with Crippen LogP contribution in [0, 0.1) is 12.7 Å². The molecule has 0 aliphatic carbocycles. The number of halogens is 2. The molecular formula is C14H13ClFN3O. The molecule has 0 spiro atoms. The standard InChI is InChI=1S/C14H13ClFN3O/c1-9-17-13(15)12(8-20)14(18-9)19(2)7-10-3-5-11(16)6-4-10/h3-6,8H,7H2,1-2H3. The van der Waals surface area contributed by atoms with Crippen molar-refractivity contribution in [3.05, 3.63) is 52.2 Å². The molecule has 0 unspecified atom stereocenters. The van der Waals surface area contributed by atoms with Crippen molar-refractivity contribution in [1.29, 1.82) is 0 Å². The van der Waals surface area contributed by atoms with Gasteiger partial charge in [0.1, 0.15) is 22.6 Å². The molecule has 0 bridgehead atoms. The van der Waals surface area contributed by atoms with E-state index in [1.165, 1.54) is 12.1 Å². The molecule has 1 aromatic carbocycles. The van der Waals surface area contributed by atoms with Gasteiger partial charge in [-0.05, 0) is 24.6 Å². The SMILES string of the molecule is Cc1nc(Cl)c(C=O)c(N(C)Cc2ccc(F)cc2)n1. The van der Waals surface area contributed by atoms with Crippen molar-refractivity contribution in [2.75, 3.05) is 11.9 Å². The van der Waals surface area contributed by atoms with Gasteiger partial charge in [0.15, 0.2) is 6.29 Å². The van der Waals surface area contributed by atoms with E-state index < -0.39 is 0 Å². The monoisotopic (exact) mass is 293 g/mol. The van der Waals surface area contributed by atoms with Crippen molar-refractivity contribution in [3.8, 4) is 0 Å². The zero-order chi connectivity index (χ0) is 14.7. The van der Waals surface area contributed by atoms with Crippen LogP contribution in [-0.4, -0.2) is 23.3 Å². The lowest BCUT2D eigenvalue weighted by Crippen LogP contribution is -2.20. The van der Waals surface area contributed by atoms with Gasteiger partial charge in [0.05, 0.1) is 5.56 Å². The van der Waals surface area contributed by atoms with Crippen LogP contribution in [0.3, 0.4) is 0 Å². The van der Waals surface area contributed by atoms with E-state index in [2.05, 4.69) is 9.97 Å². The van der Waals surface area contributed by atoms with Crippen molar-refractivity contribution in [3.63, 3.8) is 0 Å². The summed E-state index contributed by atoms with van der Waals surface area (Å²) < 4.78 is 12.9. The number of hydrogen-bond acceptors (Lipinski definition) is 4. The fourth-order valence-corrected chi connectivity index (χ4v) is 2.12. The summed E-state index contributed by atoms with van der Waals surface area (Å²) in [5.74, 6) is 0.661. The molecule has 0 aliphatic rings. The van der Waals surface area contributed by atoms with Gasteiger partial charge in [-0.25, -0.2) is 14.4 Å². The predicted molar refractivity (Wildman–Crippen MR) is 75.7 cm³/mol. The summed E-state index contributed by atoms with van der Waals surface area (Å²) in [5, 5.41) is 0.133. The average molecular weight is 294 g/mol. The highest BCUT2D eigenvalue weighted by atomic mass is 35.5. The summed E-state index contributed by atoms with van der Waals surface area (Å²) in [4.78, 5) is 21.1. The van der Waals surface area contributed by atoms with Crippen LogP contribution in [0.5, 0.6) is 0 Å². The minimum atomic E-state index is -0.286. The van der Waals surface area contributed by atoms with Crippen LogP contribution in [0.4, 0.5) is 10.2 Å². The molecule has 0 saturated heterocycles. The lowest BCUT2D eigenvalue weighted by atomic mass is 10.2. The molecule has 0 saturated carbocycles. The molecule has 2 aromatic rings. The highest BCUT2D eigenvalue weighted by Gasteiger charge is 2.15. The number of carbonyl (C=O) groups excluding carboxylic acids is 1. The average Bonchev–Trinajstić information content (AvgIpc) is 2.40. The summed E-state index contributed by atoms with van der Waals surface area (Å²) in [7, 11) is 1.79. The second-order valence-electron chi connectivity index (χ2n) is 4.40. The van der Waals surface area contributed by atoms with E-state index in [9.17, 15) is 9.18 Å². The van der Waals surface area contributed by atoms with Crippen LogP contribution < -0.4 is 4.90 Å². The minimum absolute atomic E-state index is 0.133. The zero-order valence-electron chi connectivity index (χ0n) is 11.1. The molecule has 4 nitrogen and oxygen atoms in total. The second kappa shape index (κ2) is 5.96. The summed E-state index contributed by atoms with van der Waals surface area (Å²) in [6.45, 7) is 2.18. The number of hydrogen-bond donors (Lipinski definition) is 0. The van der Waals surface area contributed by atoms with E-state index in [1.54, 1.807) is 31.0 Å². The highest BCUT2D eigenvalue weighted by Crippen LogP contribution is 2.23. The Labute approximate surface area is 121 Å². The first-order chi connectivity index (χ1) is 9.51. The summed E-state index contributed by atoms with van der Waals surface area (Å²) in [6, 6.07) is 6.15. The summed E-state index contributed by atoms with van der Waals surface area (Å²) in [5.41, 5.74) is 1.15. The van der Waals surface area contributed by atoms with E-state index in [-0.39, 0.29) is 16.5 Å². The number of anilines is 1. The number of aldehydes is 1. The van der Waals surface area contributed by atoms with Crippen LogP contribution >= 0.6 is 11.6 Å². The third kappa shape index (κ3) is 3.11. The second-order valence-corrected chi connectivity index (χ2v) is 4.76. The maximum Gasteiger partial charge on any atom is 0.156 e. The van der Waals surface area contributed by atoms with Crippen LogP contribution in [0.25, 0.3) is 0 Å². The normalized spacial score (nSPS) is 10.4. The molecule has 6 heteroatoms. The number of benzene rings is 1. The van der Waals surface area contributed by atoms with Gasteiger partial charge in [-0.3, -0.25) is 4.79 Å². The van der Waals surface area contributed by atoms with Gasteiger partial charge in [-0.2, -0.15) is 0 Å². The fourth-order valence-electron chi connectivity index (χ4n) is 1.86. The van der Waals surface area contributed by atoms with Gasteiger partial charge in [-0.15, -0.1) is 0 Å². The molecule has 104 valence electrons. The van der Waals surface area contributed by atoms with Crippen LogP contribution in [0.1, 0.15) is 21.7 Å². The molecule has 1 heterocycles. The van der Waals surface area contributed by atoms with E-state index in [1.807, 2.05) is 0 Å². The Morgan fingerprint density at radius 2 is 1.95 bits per heavy atom. The van der Waals surface area contributed by atoms with Crippen LogP contribution in [-0.2, 0) is 6.54 Å². The molecule has 0 N–H and O–H groups in total. The third-order valence-electron chi connectivity index (χ3n) is 2.80. The number of aromatic nitrogens is 2. The number of aryl methyl sites for hydroxylation is 1. The Balaban J connectivity index is 2.31. The first-order valence-corrected chi connectivity index (χ1v) is 6.34. The Kier molecular flexibility index (Phi) is 4.29. The number of nitrogens with zero attached hydrogens (tertiary/aromatic N) is 3. The molecule has 0 atom stereocenters. The number of rotatable bonds is 4. The predicted octanol–water partition coefficient (Wildman–Crippen LogP) is 3.03. The maximum atomic E-state index is 12.9. The summed E-state index contributed by atoms with van der Waals surface area (Å²) >= 11 is 5.94. The zero-order valence-corrected chi connectivity index (χ0v) is 11.9. The highest BCUT2D eigenvalue weighted by molar-refractivity contribution is 6.32. The number of carbonyl (C=O) groups is 1. The van der Waals surface area contributed by atoms with Crippen molar-refractivity contribution in [2.45, 2.75) is 13.5 Å². The lowest BCUT2D eigenvalue weighted by Gasteiger charge is -2.20. The molecule has 1 aromatic heterocycles. The van der Waals surface area contributed by atoms with Crippen molar-refractivity contribution >= 4 is 23.7 Å². The van der Waals surface area contributed by atoms with Crippen molar-refractivity contribution in [1.82, 2.24) is 9.97 Å². The minimum Gasteiger partial charge on any atom is -0.355 e. The molecule has 0 radical (unpaired) electrons. The lowest BCUT2D eigenvalue weighted by molar-refractivity contribution is 0.112. The molecule has 0 aliphatic heterocycles. The van der Waals surface area contributed by atoms with Crippen molar-refractivity contribution < 1.29 is 9.18 Å². The Hall–Kier alpha value is -2.01.